The van der Waals surface area contributed by atoms with Crippen molar-refractivity contribution in [2.75, 3.05) is 25.5 Å². The third-order valence-electron chi connectivity index (χ3n) is 6.21. The predicted molar refractivity (Wildman–Crippen MR) is 120 cm³/mol. The largest absolute Gasteiger partial charge is 0.496 e. The lowest BCUT2D eigenvalue weighted by molar-refractivity contribution is -0.140. The molecule has 6 nitrogen and oxygen atoms in total. The van der Waals surface area contributed by atoms with Gasteiger partial charge in [0.1, 0.15) is 23.2 Å². The van der Waals surface area contributed by atoms with Crippen molar-refractivity contribution >= 4 is 16.7 Å². The summed E-state index contributed by atoms with van der Waals surface area (Å²) < 4.78 is 59.8. The molecular formula is C24H26F4N4O2. The summed E-state index contributed by atoms with van der Waals surface area (Å²) in [7, 11) is 1.51. The lowest BCUT2D eigenvalue weighted by Crippen LogP contribution is -2.39. The number of halogens is 4. The van der Waals surface area contributed by atoms with Gasteiger partial charge < -0.3 is 20.5 Å². The van der Waals surface area contributed by atoms with Crippen LogP contribution in [-0.4, -0.2) is 35.3 Å². The van der Waals surface area contributed by atoms with Crippen molar-refractivity contribution < 1.29 is 27.4 Å². The molecule has 182 valence electrons. The third kappa shape index (κ3) is 4.52. The number of aryl methyl sites for hydroxylation is 1. The summed E-state index contributed by atoms with van der Waals surface area (Å²) in [5, 5.41) is 18.1. The topological polar surface area (TPSA) is 79.3 Å². The van der Waals surface area contributed by atoms with Crippen LogP contribution in [0.4, 0.5) is 23.4 Å². The van der Waals surface area contributed by atoms with Gasteiger partial charge in [-0.15, -0.1) is 0 Å². The van der Waals surface area contributed by atoms with E-state index in [-0.39, 0.29) is 5.56 Å². The minimum Gasteiger partial charge on any atom is -0.496 e. The molecule has 1 aliphatic heterocycles. The lowest BCUT2D eigenvalue weighted by Gasteiger charge is -2.34. The van der Waals surface area contributed by atoms with Gasteiger partial charge >= 0.3 is 6.18 Å². The number of anilines is 1. The number of rotatable bonds is 5. The minimum absolute atomic E-state index is 0.134. The SMILES string of the molecule is COc1cc2nc(C)nc(N[C@H](C)c3cccc(C(F)(F)F)c3F)c2cc1C1(O)CCNCC1. The van der Waals surface area contributed by atoms with Crippen molar-refractivity contribution in [3.63, 3.8) is 0 Å². The molecule has 1 fully saturated rings. The number of aliphatic hydroxyl groups is 1. The third-order valence-corrected chi connectivity index (χ3v) is 6.21. The fourth-order valence-electron chi connectivity index (χ4n) is 4.41. The maximum absolute atomic E-state index is 14.7. The van der Waals surface area contributed by atoms with E-state index < -0.39 is 29.2 Å². The van der Waals surface area contributed by atoms with Gasteiger partial charge in [-0.1, -0.05) is 12.1 Å². The van der Waals surface area contributed by atoms with Gasteiger partial charge in [0.2, 0.25) is 0 Å². The summed E-state index contributed by atoms with van der Waals surface area (Å²) in [4.78, 5) is 8.88. The van der Waals surface area contributed by atoms with E-state index >= 15 is 0 Å². The van der Waals surface area contributed by atoms with E-state index in [4.69, 9.17) is 4.74 Å². The number of piperidine rings is 1. The molecule has 3 aromatic rings. The van der Waals surface area contributed by atoms with Gasteiger partial charge in [0, 0.05) is 22.6 Å². The Hall–Kier alpha value is -2.98. The number of benzene rings is 2. The number of nitrogens with one attached hydrogen (secondary N) is 2. The molecule has 1 aliphatic rings. The zero-order valence-corrected chi connectivity index (χ0v) is 19.1. The van der Waals surface area contributed by atoms with Crippen LogP contribution >= 0.6 is 0 Å². The van der Waals surface area contributed by atoms with Gasteiger partial charge in [0.15, 0.2) is 0 Å². The highest BCUT2D eigenvalue weighted by atomic mass is 19.4. The Balaban J connectivity index is 1.79. The standard InChI is InChI=1S/C24H26F4N4O2/c1-13(15-5-4-6-17(21(15)25)24(26,27)28)30-22-16-11-18(23(33)7-9-29-10-8-23)20(34-3)12-19(16)31-14(2)32-22/h4-6,11-13,29,33H,7-10H2,1-3H3,(H,30,31,32)/t13-/m1/s1. The molecule has 0 aliphatic carbocycles. The normalized spacial score (nSPS) is 16.9. The highest BCUT2D eigenvalue weighted by molar-refractivity contribution is 5.91. The van der Waals surface area contributed by atoms with Crippen molar-refractivity contribution in [1.29, 1.82) is 0 Å². The van der Waals surface area contributed by atoms with Crippen LogP contribution in [0.25, 0.3) is 10.9 Å². The summed E-state index contributed by atoms with van der Waals surface area (Å²) in [6.45, 7) is 4.52. The number of fused-ring (bicyclic) bond motifs is 1. The summed E-state index contributed by atoms with van der Waals surface area (Å²) in [6.07, 6.45) is -3.83. The average molecular weight is 478 g/mol. The van der Waals surface area contributed by atoms with Crippen LogP contribution < -0.4 is 15.4 Å². The van der Waals surface area contributed by atoms with E-state index in [0.717, 1.165) is 0 Å². The molecule has 1 saturated heterocycles. The maximum atomic E-state index is 14.7. The van der Waals surface area contributed by atoms with Gasteiger partial charge in [-0.05, 0) is 51.9 Å². The molecule has 0 spiro atoms. The molecule has 0 unspecified atom stereocenters. The Morgan fingerprint density at radius 3 is 2.53 bits per heavy atom. The highest BCUT2D eigenvalue weighted by Crippen LogP contribution is 2.40. The van der Waals surface area contributed by atoms with Crippen molar-refractivity contribution in [2.24, 2.45) is 0 Å². The fraction of sp³-hybridized carbons (Fsp3) is 0.417. The molecule has 2 heterocycles. The lowest BCUT2D eigenvalue weighted by atomic mass is 9.84. The molecule has 0 radical (unpaired) electrons. The molecule has 10 heteroatoms. The maximum Gasteiger partial charge on any atom is 0.419 e. The zero-order valence-electron chi connectivity index (χ0n) is 19.1. The number of alkyl halides is 3. The molecule has 0 saturated carbocycles. The van der Waals surface area contributed by atoms with Gasteiger partial charge in [-0.25, -0.2) is 14.4 Å². The molecule has 4 rings (SSSR count). The summed E-state index contributed by atoms with van der Waals surface area (Å²) in [5.74, 6) is -0.0928. The van der Waals surface area contributed by atoms with E-state index in [1.807, 2.05) is 0 Å². The first-order valence-electron chi connectivity index (χ1n) is 11.0. The summed E-state index contributed by atoms with van der Waals surface area (Å²) in [6, 6.07) is 5.83. The van der Waals surface area contributed by atoms with Crippen LogP contribution in [-0.2, 0) is 11.8 Å². The summed E-state index contributed by atoms with van der Waals surface area (Å²) >= 11 is 0. The molecule has 34 heavy (non-hydrogen) atoms. The molecule has 3 N–H and O–H groups in total. The van der Waals surface area contributed by atoms with Crippen molar-refractivity contribution in [1.82, 2.24) is 15.3 Å². The van der Waals surface area contributed by atoms with Crippen LogP contribution in [0.5, 0.6) is 5.75 Å². The van der Waals surface area contributed by atoms with E-state index in [0.29, 0.717) is 65.9 Å². The first-order valence-corrected chi connectivity index (χ1v) is 11.0. The van der Waals surface area contributed by atoms with Crippen LogP contribution in [0, 0.1) is 12.7 Å². The number of methoxy groups -OCH3 is 1. The number of ether oxygens (including phenoxy) is 1. The van der Waals surface area contributed by atoms with Crippen molar-refractivity contribution in [3.8, 4) is 5.75 Å². The first-order chi connectivity index (χ1) is 16.0. The van der Waals surface area contributed by atoms with Crippen molar-refractivity contribution in [3.05, 3.63) is 58.7 Å². The zero-order chi connectivity index (χ0) is 24.7. The number of nitrogens with zero attached hydrogens (tertiary/aromatic N) is 2. The minimum atomic E-state index is -4.80. The van der Waals surface area contributed by atoms with E-state index in [1.165, 1.54) is 19.2 Å². The molecule has 0 amide bonds. The Morgan fingerprint density at radius 1 is 1.18 bits per heavy atom. The quantitative estimate of drug-likeness (QED) is 0.455. The molecule has 1 aromatic heterocycles. The second kappa shape index (κ2) is 8.99. The summed E-state index contributed by atoms with van der Waals surface area (Å²) in [5.41, 5.74) is -1.46. The highest BCUT2D eigenvalue weighted by Gasteiger charge is 2.36. The van der Waals surface area contributed by atoms with E-state index in [1.54, 1.807) is 26.0 Å². The molecular weight excluding hydrogens is 452 g/mol. The van der Waals surface area contributed by atoms with Gasteiger partial charge in [-0.3, -0.25) is 0 Å². The van der Waals surface area contributed by atoms with Gasteiger partial charge in [0.05, 0.1) is 29.8 Å². The van der Waals surface area contributed by atoms with Crippen LogP contribution in [0.3, 0.4) is 0 Å². The second-order valence-electron chi connectivity index (χ2n) is 8.54. The van der Waals surface area contributed by atoms with E-state index in [9.17, 15) is 22.7 Å². The predicted octanol–water partition coefficient (Wildman–Crippen LogP) is 4.85. The molecule has 0 bridgehead atoms. The smallest absolute Gasteiger partial charge is 0.419 e. The monoisotopic (exact) mass is 478 g/mol. The Labute approximate surface area is 194 Å². The molecule has 1 atom stereocenters. The van der Waals surface area contributed by atoms with Crippen LogP contribution in [0.2, 0.25) is 0 Å². The Kier molecular flexibility index (Phi) is 6.39. The number of hydrogen-bond acceptors (Lipinski definition) is 6. The Bertz CT molecular complexity index is 1210. The second-order valence-corrected chi connectivity index (χ2v) is 8.54. The Morgan fingerprint density at radius 2 is 1.88 bits per heavy atom. The van der Waals surface area contributed by atoms with Crippen LogP contribution in [0.15, 0.2) is 30.3 Å². The number of hydrogen-bond donors (Lipinski definition) is 3. The first kappa shape index (κ1) is 24.2. The number of aromatic nitrogens is 2. The fourth-order valence-corrected chi connectivity index (χ4v) is 4.41. The van der Waals surface area contributed by atoms with Gasteiger partial charge in [0.25, 0.3) is 0 Å². The average Bonchev–Trinajstić information content (AvgIpc) is 2.77. The van der Waals surface area contributed by atoms with Gasteiger partial charge in [-0.2, -0.15) is 13.2 Å². The van der Waals surface area contributed by atoms with E-state index in [2.05, 4.69) is 20.6 Å². The van der Waals surface area contributed by atoms with Crippen molar-refractivity contribution in [2.45, 2.75) is 44.5 Å². The van der Waals surface area contributed by atoms with Crippen LogP contribution in [0.1, 0.15) is 48.3 Å². The molecule has 2 aromatic carbocycles.